The van der Waals surface area contributed by atoms with Crippen molar-refractivity contribution in [1.29, 1.82) is 0 Å². The molecule has 4 heterocycles. The maximum absolute atomic E-state index is 14.8. The Morgan fingerprint density at radius 3 is 2.92 bits per heavy atom. The number of hydrogen-bond donors (Lipinski definition) is 0. The van der Waals surface area contributed by atoms with E-state index in [0.717, 1.165) is 57.7 Å². The fourth-order valence-electron chi connectivity index (χ4n) is 3.93. The molecule has 7 heteroatoms. The molecule has 2 aromatic heterocycles. The van der Waals surface area contributed by atoms with Crippen LogP contribution in [0.2, 0.25) is 0 Å². The standard InChI is InChI=1S/C19H25FN4O2/c1-14-5-7-24-16(12-14)21-17(18(24)20)19(25)23-6-3-2-4-15(23)13-22-8-10-26-11-9-22/h5,7,12,15H,2-4,6,8-11,13H2,1H3/t15-/m1/s1. The van der Waals surface area contributed by atoms with Crippen molar-refractivity contribution in [2.75, 3.05) is 39.4 Å². The van der Waals surface area contributed by atoms with Gasteiger partial charge in [0.05, 0.1) is 13.2 Å². The molecule has 0 N–H and O–H groups in total. The van der Waals surface area contributed by atoms with E-state index in [1.54, 1.807) is 12.3 Å². The Balaban J connectivity index is 1.57. The largest absolute Gasteiger partial charge is 0.379 e. The third-order valence-corrected chi connectivity index (χ3v) is 5.39. The lowest BCUT2D eigenvalue weighted by molar-refractivity contribution is 0.0163. The number of fused-ring (bicyclic) bond motifs is 1. The van der Waals surface area contributed by atoms with Crippen LogP contribution in [0.3, 0.4) is 0 Å². The summed E-state index contributed by atoms with van der Waals surface area (Å²) in [6, 6.07) is 3.72. The number of morpholine rings is 1. The summed E-state index contributed by atoms with van der Waals surface area (Å²) >= 11 is 0. The molecule has 0 spiro atoms. The fraction of sp³-hybridized carbons (Fsp3) is 0.579. The lowest BCUT2D eigenvalue weighted by Gasteiger charge is -2.39. The lowest BCUT2D eigenvalue weighted by Crippen LogP contribution is -2.51. The Labute approximate surface area is 152 Å². The van der Waals surface area contributed by atoms with Gasteiger partial charge in [0, 0.05) is 38.4 Å². The van der Waals surface area contributed by atoms with Gasteiger partial charge in [0.2, 0.25) is 5.95 Å². The van der Waals surface area contributed by atoms with Crippen molar-refractivity contribution in [2.24, 2.45) is 0 Å². The average Bonchev–Trinajstić information content (AvgIpc) is 2.98. The molecule has 26 heavy (non-hydrogen) atoms. The number of likely N-dealkylation sites (tertiary alicyclic amines) is 1. The maximum atomic E-state index is 14.8. The summed E-state index contributed by atoms with van der Waals surface area (Å²) in [5.74, 6) is -0.859. The SMILES string of the molecule is Cc1ccn2c(F)c(C(=O)N3CCCC[C@@H]3CN3CCOCC3)nc2c1. The minimum Gasteiger partial charge on any atom is -0.379 e. The van der Waals surface area contributed by atoms with Crippen LogP contribution in [0.25, 0.3) is 5.65 Å². The van der Waals surface area contributed by atoms with E-state index in [0.29, 0.717) is 12.2 Å². The summed E-state index contributed by atoms with van der Waals surface area (Å²) in [5, 5.41) is 0. The van der Waals surface area contributed by atoms with E-state index in [-0.39, 0.29) is 17.6 Å². The van der Waals surface area contributed by atoms with Crippen molar-refractivity contribution >= 4 is 11.6 Å². The second kappa shape index (κ2) is 7.32. The van der Waals surface area contributed by atoms with E-state index in [4.69, 9.17) is 4.74 Å². The normalized spacial score (nSPS) is 22.1. The summed E-state index contributed by atoms with van der Waals surface area (Å²) in [4.78, 5) is 21.6. The van der Waals surface area contributed by atoms with Gasteiger partial charge < -0.3 is 9.64 Å². The molecule has 0 saturated carbocycles. The van der Waals surface area contributed by atoms with Crippen LogP contribution >= 0.6 is 0 Å². The van der Waals surface area contributed by atoms with Crippen molar-refractivity contribution in [3.63, 3.8) is 0 Å². The van der Waals surface area contributed by atoms with E-state index in [9.17, 15) is 9.18 Å². The fourth-order valence-corrected chi connectivity index (χ4v) is 3.93. The number of nitrogens with zero attached hydrogens (tertiary/aromatic N) is 4. The van der Waals surface area contributed by atoms with E-state index in [1.807, 2.05) is 17.9 Å². The average molecular weight is 360 g/mol. The van der Waals surface area contributed by atoms with Crippen LogP contribution in [-0.2, 0) is 4.74 Å². The van der Waals surface area contributed by atoms with Gasteiger partial charge in [-0.05, 0) is 43.9 Å². The van der Waals surface area contributed by atoms with Gasteiger partial charge >= 0.3 is 0 Å². The van der Waals surface area contributed by atoms with Crippen LogP contribution in [0.1, 0.15) is 35.3 Å². The Bertz CT molecular complexity index is 800. The highest BCUT2D eigenvalue weighted by molar-refractivity contribution is 5.93. The van der Waals surface area contributed by atoms with E-state index < -0.39 is 5.95 Å². The molecule has 2 aromatic rings. The van der Waals surface area contributed by atoms with Crippen molar-refractivity contribution in [3.05, 3.63) is 35.5 Å². The van der Waals surface area contributed by atoms with Gasteiger partial charge in [-0.1, -0.05) is 0 Å². The topological polar surface area (TPSA) is 50.1 Å². The first-order chi connectivity index (χ1) is 12.6. The van der Waals surface area contributed by atoms with E-state index >= 15 is 0 Å². The van der Waals surface area contributed by atoms with Crippen LogP contribution in [-0.4, -0.2) is 70.5 Å². The van der Waals surface area contributed by atoms with Crippen LogP contribution in [0, 0.1) is 12.9 Å². The Hall–Kier alpha value is -1.99. The molecule has 2 aliphatic rings. The molecule has 140 valence electrons. The zero-order chi connectivity index (χ0) is 18.1. The Morgan fingerprint density at radius 1 is 1.31 bits per heavy atom. The zero-order valence-corrected chi connectivity index (χ0v) is 15.2. The number of rotatable bonds is 3. The lowest BCUT2D eigenvalue weighted by atomic mass is 10.0. The number of carbonyl (C=O) groups excluding carboxylic acids is 1. The zero-order valence-electron chi connectivity index (χ0n) is 15.2. The number of carbonyl (C=O) groups is 1. The predicted molar refractivity (Wildman–Crippen MR) is 95.8 cm³/mol. The number of ether oxygens (including phenoxy) is 1. The van der Waals surface area contributed by atoms with Gasteiger partial charge in [0.25, 0.3) is 5.91 Å². The quantitative estimate of drug-likeness (QED) is 0.841. The van der Waals surface area contributed by atoms with Gasteiger partial charge in [0.1, 0.15) is 5.65 Å². The van der Waals surface area contributed by atoms with Crippen molar-refractivity contribution in [3.8, 4) is 0 Å². The molecule has 0 bridgehead atoms. The van der Waals surface area contributed by atoms with Gasteiger partial charge in [-0.15, -0.1) is 0 Å². The molecular weight excluding hydrogens is 335 g/mol. The van der Waals surface area contributed by atoms with Crippen molar-refractivity contribution in [2.45, 2.75) is 32.2 Å². The predicted octanol–water partition coefficient (Wildman–Crippen LogP) is 2.11. The van der Waals surface area contributed by atoms with E-state index in [1.165, 1.54) is 4.40 Å². The van der Waals surface area contributed by atoms with Crippen molar-refractivity contribution in [1.82, 2.24) is 19.2 Å². The van der Waals surface area contributed by atoms with Gasteiger partial charge in [-0.25, -0.2) is 4.98 Å². The highest BCUT2D eigenvalue weighted by Gasteiger charge is 2.32. The molecule has 2 aliphatic heterocycles. The summed E-state index contributed by atoms with van der Waals surface area (Å²) in [6.45, 7) is 6.67. The third kappa shape index (κ3) is 3.33. The summed E-state index contributed by atoms with van der Waals surface area (Å²) in [6.07, 6.45) is 4.65. The first kappa shape index (κ1) is 17.4. The minimum atomic E-state index is -0.569. The highest BCUT2D eigenvalue weighted by Crippen LogP contribution is 2.22. The van der Waals surface area contributed by atoms with E-state index in [2.05, 4.69) is 9.88 Å². The first-order valence-corrected chi connectivity index (χ1v) is 9.39. The van der Waals surface area contributed by atoms with Crippen LogP contribution < -0.4 is 0 Å². The molecule has 0 radical (unpaired) electrons. The second-order valence-electron chi connectivity index (χ2n) is 7.24. The summed E-state index contributed by atoms with van der Waals surface area (Å²) < 4.78 is 21.5. The first-order valence-electron chi connectivity index (χ1n) is 9.39. The number of halogens is 1. The number of pyridine rings is 1. The third-order valence-electron chi connectivity index (χ3n) is 5.39. The van der Waals surface area contributed by atoms with Crippen LogP contribution in [0.4, 0.5) is 4.39 Å². The molecule has 2 saturated heterocycles. The number of imidazole rings is 1. The summed E-state index contributed by atoms with van der Waals surface area (Å²) in [5.41, 5.74) is 1.40. The molecule has 1 amide bonds. The molecule has 2 fully saturated rings. The van der Waals surface area contributed by atoms with Crippen LogP contribution in [0.5, 0.6) is 0 Å². The molecule has 0 unspecified atom stereocenters. The van der Waals surface area contributed by atoms with Crippen LogP contribution in [0.15, 0.2) is 18.3 Å². The monoisotopic (exact) mass is 360 g/mol. The molecule has 1 atom stereocenters. The number of aryl methyl sites for hydroxylation is 1. The summed E-state index contributed by atoms with van der Waals surface area (Å²) in [7, 11) is 0. The number of amides is 1. The maximum Gasteiger partial charge on any atom is 0.277 e. The molecule has 0 aliphatic carbocycles. The molecule has 6 nitrogen and oxygen atoms in total. The Kier molecular flexibility index (Phi) is 4.91. The smallest absolute Gasteiger partial charge is 0.277 e. The highest BCUT2D eigenvalue weighted by atomic mass is 19.1. The van der Waals surface area contributed by atoms with Gasteiger partial charge in [-0.2, -0.15) is 4.39 Å². The minimum absolute atomic E-state index is 0.0653. The van der Waals surface area contributed by atoms with Crippen molar-refractivity contribution < 1.29 is 13.9 Å². The number of piperidine rings is 1. The van der Waals surface area contributed by atoms with Gasteiger partial charge in [-0.3, -0.25) is 14.1 Å². The molecular formula is C19H25FN4O2. The number of aromatic nitrogens is 2. The molecule has 4 rings (SSSR count). The Morgan fingerprint density at radius 2 is 2.12 bits per heavy atom. The van der Waals surface area contributed by atoms with Gasteiger partial charge in [0.15, 0.2) is 5.69 Å². The number of hydrogen-bond acceptors (Lipinski definition) is 4. The second-order valence-corrected chi connectivity index (χ2v) is 7.24. The molecule has 0 aromatic carbocycles.